The number of nitrogens with zero attached hydrogens (tertiary/aromatic N) is 3. The molecule has 1 aromatic heterocycles. The van der Waals surface area contributed by atoms with Crippen LogP contribution >= 0.6 is 15.9 Å². The summed E-state index contributed by atoms with van der Waals surface area (Å²) in [6.07, 6.45) is 1.59. The van der Waals surface area contributed by atoms with E-state index in [0.29, 0.717) is 17.6 Å². The lowest BCUT2D eigenvalue weighted by molar-refractivity contribution is -0.390. The Balaban J connectivity index is 2.81. The maximum absolute atomic E-state index is 10.5. The maximum atomic E-state index is 10.5. The zero-order valence-corrected chi connectivity index (χ0v) is 9.27. The second-order valence-corrected chi connectivity index (χ2v) is 3.98. The van der Waals surface area contributed by atoms with Crippen LogP contribution in [0.15, 0.2) is 10.7 Å². The van der Waals surface area contributed by atoms with Crippen molar-refractivity contribution < 1.29 is 4.92 Å². The van der Waals surface area contributed by atoms with Crippen LogP contribution in [0.25, 0.3) is 0 Å². The van der Waals surface area contributed by atoms with Gasteiger partial charge in [-0.2, -0.15) is 4.68 Å². The number of nitro groups is 1. The summed E-state index contributed by atoms with van der Waals surface area (Å²) in [7, 11) is 0. The molecule has 0 amide bonds. The number of nitrogens with two attached hydrogens (primary N) is 1. The summed E-state index contributed by atoms with van der Waals surface area (Å²) < 4.78 is 1.92. The number of hydrogen-bond acceptors (Lipinski definition) is 4. The van der Waals surface area contributed by atoms with Crippen LogP contribution in [0.2, 0.25) is 0 Å². The third-order valence-corrected chi connectivity index (χ3v) is 2.33. The number of halogens is 1. The summed E-state index contributed by atoms with van der Waals surface area (Å²) >= 11 is 3.07. The minimum absolute atomic E-state index is 0.158. The highest BCUT2D eigenvalue weighted by Gasteiger charge is 2.19. The molecule has 1 heterocycles. The molecule has 1 atom stereocenters. The number of hydrogen-bond donors (Lipinski definition) is 1. The molecule has 0 aliphatic heterocycles. The molecule has 0 fully saturated rings. The molecule has 1 aromatic rings. The summed E-state index contributed by atoms with van der Waals surface area (Å²) in [5, 5.41) is 14.3. The first-order chi connectivity index (χ1) is 6.54. The maximum Gasteiger partial charge on any atom is 0.404 e. The molecule has 0 bridgehead atoms. The Bertz CT molecular complexity index is 338. The SMILES string of the molecule is CC(CN)Cn1cc(Br)c([N+](=O)[O-])n1. The van der Waals surface area contributed by atoms with Crippen molar-refractivity contribution in [2.45, 2.75) is 13.5 Å². The molecule has 1 rings (SSSR count). The third-order valence-electron chi connectivity index (χ3n) is 1.77. The van der Waals surface area contributed by atoms with Crippen LogP contribution in [0.1, 0.15) is 6.92 Å². The molecule has 1 unspecified atom stereocenters. The predicted molar refractivity (Wildman–Crippen MR) is 54.8 cm³/mol. The van der Waals surface area contributed by atoms with E-state index in [4.69, 9.17) is 5.73 Å². The normalized spacial score (nSPS) is 12.8. The van der Waals surface area contributed by atoms with Crippen LogP contribution in [0, 0.1) is 16.0 Å². The van der Waals surface area contributed by atoms with Gasteiger partial charge in [0, 0.05) is 0 Å². The highest BCUT2D eigenvalue weighted by atomic mass is 79.9. The molecule has 0 aliphatic carbocycles. The average Bonchev–Trinajstić information content (AvgIpc) is 2.46. The summed E-state index contributed by atoms with van der Waals surface area (Å²) in [5.74, 6) is 0.0932. The van der Waals surface area contributed by atoms with Gasteiger partial charge in [-0.1, -0.05) is 6.92 Å². The molecule has 14 heavy (non-hydrogen) atoms. The standard InChI is InChI=1S/C7H11BrN4O2/c1-5(2-9)3-11-4-6(8)7(10-11)12(13)14/h4-5H,2-3,9H2,1H3. The van der Waals surface area contributed by atoms with Crippen LogP contribution in [0.3, 0.4) is 0 Å². The van der Waals surface area contributed by atoms with E-state index in [-0.39, 0.29) is 11.7 Å². The van der Waals surface area contributed by atoms with E-state index >= 15 is 0 Å². The summed E-state index contributed by atoms with van der Waals surface area (Å²) in [5.41, 5.74) is 5.44. The van der Waals surface area contributed by atoms with Crippen molar-refractivity contribution in [1.82, 2.24) is 9.78 Å². The van der Waals surface area contributed by atoms with E-state index in [1.165, 1.54) is 4.68 Å². The van der Waals surface area contributed by atoms with Crippen molar-refractivity contribution >= 4 is 21.7 Å². The minimum Gasteiger partial charge on any atom is -0.358 e. The summed E-state index contributed by atoms with van der Waals surface area (Å²) in [6, 6.07) is 0. The fraction of sp³-hybridized carbons (Fsp3) is 0.571. The van der Waals surface area contributed by atoms with Gasteiger partial charge in [0.1, 0.15) is 4.47 Å². The predicted octanol–water partition coefficient (Wildman–Crippen LogP) is 1.15. The highest BCUT2D eigenvalue weighted by Crippen LogP contribution is 2.22. The monoisotopic (exact) mass is 262 g/mol. The van der Waals surface area contributed by atoms with Crippen LogP contribution in [-0.4, -0.2) is 21.2 Å². The third kappa shape index (κ3) is 2.52. The van der Waals surface area contributed by atoms with E-state index in [1.54, 1.807) is 6.20 Å². The largest absolute Gasteiger partial charge is 0.404 e. The number of rotatable bonds is 4. The van der Waals surface area contributed by atoms with E-state index in [2.05, 4.69) is 21.0 Å². The second-order valence-electron chi connectivity index (χ2n) is 3.12. The van der Waals surface area contributed by atoms with Crippen molar-refractivity contribution in [3.8, 4) is 0 Å². The topological polar surface area (TPSA) is 87.0 Å². The van der Waals surface area contributed by atoms with Crippen molar-refractivity contribution in [1.29, 1.82) is 0 Å². The van der Waals surface area contributed by atoms with Gasteiger partial charge in [-0.05, 0) is 33.3 Å². The second kappa shape index (κ2) is 4.52. The fourth-order valence-corrected chi connectivity index (χ4v) is 1.46. The Hall–Kier alpha value is -0.950. The van der Waals surface area contributed by atoms with E-state index in [1.807, 2.05) is 6.92 Å². The first-order valence-corrected chi connectivity index (χ1v) is 4.91. The van der Waals surface area contributed by atoms with Crippen molar-refractivity contribution in [2.24, 2.45) is 11.7 Å². The Morgan fingerprint density at radius 3 is 2.93 bits per heavy atom. The van der Waals surface area contributed by atoms with Gasteiger partial charge in [-0.15, -0.1) is 0 Å². The molecule has 7 heteroatoms. The lowest BCUT2D eigenvalue weighted by Crippen LogP contribution is -2.17. The van der Waals surface area contributed by atoms with Crippen molar-refractivity contribution in [3.63, 3.8) is 0 Å². The average molecular weight is 263 g/mol. The smallest absolute Gasteiger partial charge is 0.358 e. The van der Waals surface area contributed by atoms with Crippen molar-refractivity contribution in [3.05, 3.63) is 20.8 Å². The van der Waals surface area contributed by atoms with Gasteiger partial charge in [0.15, 0.2) is 0 Å². The lowest BCUT2D eigenvalue weighted by Gasteiger charge is -2.03. The number of aromatic nitrogens is 2. The van der Waals surface area contributed by atoms with Gasteiger partial charge < -0.3 is 15.8 Å². The molecule has 2 N–H and O–H groups in total. The Kier molecular flexibility index (Phi) is 3.59. The highest BCUT2D eigenvalue weighted by molar-refractivity contribution is 9.10. The van der Waals surface area contributed by atoms with Crippen LogP contribution in [0.5, 0.6) is 0 Å². The molecular weight excluding hydrogens is 252 g/mol. The Labute approximate surface area is 89.4 Å². The molecule has 0 saturated heterocycles. The van der Waals surface area contributed by atoms with Crippen LogP contribution in [0.4, 0.5) is 5.82 Å². The van der Waals surface area contributed by atoms with Crippen molar-refractivity contribution in [2.75, 3.05) is 6.54 Å². The molecule has 0 radical (unpaired) electrons. The summed E-state index contributed by atoms with van der Waals surface area (Å²) in [6.45, 7) is 3.08. The van der Waals surface area contributed by atoms with E-state index in [0.717, 1.165) is 0 Å². The van der Waals surface area contributed by atoms with Gasteiger partial charge in [0.25, 0.3) is 0 Å². The Morgan fingerprint density at radius 1 is 1.86 bits per heavy atom. The quantitative estimate of drug-likeness (QED) is 0.652. The summed E-state index contributed by atoms with van der Waals surface area (Å²) in [4.78, 5) is 9.95. The zero-order valence-electron chi connectivity index (χ0n) is 7.68. The molecule has 0 aromatic carbocycles. The van der Waals surface area contributed by atoms with Crippen LogP contribution < -0.4 is 5.73 Å². The Morgan fingerprint density at radius 2 is 2.50 bits per heavy atom. The van der Waals surface area contributed by atoms with Crippen LogP contribution in [-0.2, 0) is 6.54 Å². The first kappa shape index (κ1) is 11.1. The molecule has 78 valence electrons. The lowest BCUT2D eigenvalue weighted by atomic mass is 10.2. The van der Waals surface area contributed by atoms with Gasteiger partial charge in [0.2, 0.25) is 0 Å². The molecule has 0 saturated carbocycles. The van der Waals surface area contributed by atoms with Gasteiger partial charge in [-0.25, -0.2) is 0 Å². The minimum atomic E-state index is -0.520. The molecule has 6 nitrogen and oxygen atoms in total. The molecule has 0 spiro atoms. The van der Waals surface area contributed by atoms with Gasteiger partial charge >= 0.3 is 5.82 Å². The zero-order chi connectivity index (χ0) is 10.7. The van der Waals surface area contributed by atoms with E-state index in [9.17, 15) is 10.1 Å². The fourth-order valence-electron chi connectivity index (χ4n) is 0.998. The van der Waals surface area contributed by atoms with E-state index < -0.39 is 4.92 Å². The molecular formula is C7H11BrN4O2. The molecule has 0 aliphatic rings. The van der Waals surface area contributed by atoms with Gasteiger partial charge in [-0.3, -0.25) is 0 Å². The van der Waals surface area contributed by atoms with Gasteiger partial charge in [0.05, 0.1) is 17.8 Å². The first-order valence-electron chi connectivity index (χ1n) is 4.12.